The van der Waals surface area contributed by atoms with E-state index in [0.717, 1.165) is 32.4 Å². The zero-order valence-corrected chi connectivity index (χ0v) is 11.3. The topological polar surface area (TPSA) is 61.4 Å². The van der Waals surface area contributed by atoms with E-state index in [-0.39, 0.29) is 17.4 Å². The molecule has 1 saturated carbocycles. The summed E-state index contributed by atoms with van der Waals surface area (Å²) in [7, 11) is 0. The first kappa shape index (κ1) is 13.3. The van der Waals surface area contributed by atoms with Crippen molar-refractivity contribution in [1.29, 1.82) is 0 Å². The predicted molar refractivity (Wildman–Crippen MR) is 69.0 cm³/mol. The minimum atomic E-state index is -0.431. The molecule has 1 saturated heterocycles. The van der Waals surface area contributed by atoms with Crippen molar-refractivity contribution in [2.75, 3.05) is 26.2 Å². The SMILES string of the molecule is CC1(C)CCC(NC(=O)C(=O)N2CCNCC2)C1. The number of nitrogens with zero attached hydrogens (tertiary/aromatic N) is 1. The maximum absolute atomic E-state index is 11.9. The minimum absolute atomic E-state index is 0.166. The Hall–Kier alpha value is -1.10. The molecule has 2 rings (SSSR count). The van der Waals surface area contributed by atoms with Crippen LogP contribution in [0.15, 0.2) is 0 Å². The molecule has 0 aromatic rings. The van der Waals surface area contributed by atoms with E-state index in [1.807, 2.05) is 0 Å². The lowest BCUT2D eigenvalue weighted by Gasteiger charge is -2.27. The smallest absolute Gasteiger partial charge is 0.311 e. The van der Waals surface area contributed by atoms with Gasteiger partial charge in [0.15, 0.2) is 0 Å². The van der Waals surface area contributed by atoms with Crippen molar-refractivity contribution < 1.29 is 9.59 Å². The van der Waals surface area contributed by atoms with Crippen LogP contribution in [0.5, 0.6) is 0 Å². The van der Waals surface area contributed by atoms with Crippen LogP contribution in [0.4, 0.5) is 0 Å². The summed E-state index contributed by atoms with van der Waals surface area (Å²) < 4.78 is 0. The number of amides is 2. The van der Waals surface area contributed by atoms with Crippen LogP contribution in [0.25, 0.3) is 0 Å². The Bertz CT molecular complexity index is 335. The van der Waals surface area contributed by atoms with E-state index in [4.69, 9.17) is 0 Å². The van der Waals surface area contributed by atoms with E-state index in [9.17, 15) is 9.59 Å². The molecule has 1 heterocycles. The first-order chi connectivity index (χ1) is 8.48. The van der Waals surface area contributed by atoms with Crippen molar-refractivity contribution in [2.45, 2.75) is 39.2 Å². The highest BCUT2D eigenvalue weighted by molar-refractivity contribution is 6.35. The quantitative estimate of drug-likeness (QED) is 0.652. The normalized spacial score (nSPS) is 27.0. The molecule has 1 aliphatic carbocycles. The van der Waals surface area contributed by atoms with Gasteiger partial charge in [-0.05, 0) is 24.7 Å². The maximum atomic E-state index is 11.9. The molecule has 1 unspecified atom stereocenters. The molecule has 2 amide bonds. The average Bonchev–Trinajstić information content (AvgIpc) is 2.68. The van der Waals surface area contributed by atoms with E-state index < -0.39 is 5.91 Å². The van der Waals surface area contributed by atoms with Crippen LogP contribution >= 0.6 is 0 Å². The van der Waals surface area contributed by atoms with Gasteiger partial charge in [0, 0.05) is 32.2 Å². The number of hydrogen-bond acceptors (Lipinski definition) is 3. The van der Waals surface area contributed by atoms with Gasteiger partial charge in [-0.15, -0.1) is 0 Å². The van der Waals surface area contributed by atoms with Crippen LogP contribution in [0.2, 0.25) is 0 Å². The van der Waals surface area contributed by atoms with Gasteiger partial charge in [-0.25, -0.2) is 0 Å². The summed E-state index contributed by atoms with van der Waals surface area (Å²) in [6.07, 6.45) is 3.06. The number of piperazine rings is 1. The van der Waals surface area contributed by atoms with E-state index in [2.05, 4.69) is 24.5 Å². The molecule has 0 spiro atoms. The standard InChI is InChI=1S/C13H23N3O2/c1-13(2)4-3-10(9-13)15-11(17)12(18)16-7-5-14-6-8-16/h10,14H,3-9H2,1-2H3,(H,15,17). The Morgan fingerprint density at radius 3 is 2.50 bits per heavy atom. The lowest BCUT2D eigenvalue weighted by molar-refractivity contribution is -0.146. The molecular formula is C13H23N3O2. The number of nitrogens with one attached hydrogen (secondary N) is 2. The van der Waals surface area contributed by atoms with Crippen molar-refractivity contribution in [3.63, 3.8) is 0 Å². The molecule has 5 heteroatoms. The molecular weight excluding hydrogens is 230 g/mol. The fraction of sp³-hybridized carbons (Fsp3) is 0.846. The molecule has 2 aliphatic rings. The van der Waals surface area contributed by atoms with Crippen LogP contribution in [-0.2, 0) is 9.59 Å². The van der Waals surface area contributed by atoms with E-state index in [1.54, 1.807) is 4.90 Å². The van der Waals surface area contributed by atoms with Crippen molar-refractivity contribution in [3.05, 3.63) is 0 Å². The lowest BCUT2D eigenvalue weighted by atomic mass is 9.92. The Balaban J connectivity index is 1.82. The van der Waals surface area contributed by atoms with Gasteiger partial charge in [-0.1, -0.05) is 13.8 Å². The summed E-state index contributed by atoms with van der Waals surface area (Å²) in [5.74, 6) is -0.805. The van der Waals surface area contributed by atoms with Crippen LogP contribution in [-0.4, -0.2) is 48.9 Å². The zero-order valence-electron chi connectivity index (χ0n) is 11.3. The Morgan fingerprint density at radius 2 is 1.94 bits per heavy atom. The number of rotatable bonds is 1. The highest BCUT2D eigenvalue weighted by Crippen LogP contribution is 2.36. The fourth-order valence-electron chi connectivity index (χ4n) is 2.82. The highest BCUT2D eigenvalue weighted by Gasteiger charge is 2.33. The monoisotopic (exact) mass is 253 g/mol. The van der Waals surface area contributed by atoms with Gasteiger partial charge < -0.3 is 15.5 Å². The molecule has 18 heavy (non-hydrogen) atoms. The summed E-state index contributed by atoms with van der Waals surface area (Å²) in [5, 5.41) is 6.05. The molecule has 0 bridgehead atoms. The third-order valence-corrected chi connectivity index (χ3v) is 3.90. The Kier molecular flexibility index (Phi) is 3.90. The Morgan fingerprint density at radius 1 is 1.28 bits per heavy atom. The van der Waals surface area contributed by atoms with Crippen LogP contribution < -0.4 is 10.6 Å². The summed E-state index contributed by atoms with van der Waals surface area (Å²) in [5.41, 5.74) is 0.288. The number of carbonyl (C=O) groups excluding carboxylic acids is 2. The summed E-state index contributed by atoms with van der Waals surface area (Å²) in [6, 6.07) is 0.166. The molecule has 2 fully saturated rings. The molecule has 1 atom stereocenters. The van der Waals surface area contributed by atoms with E-state index in [1.165, 1.54) is 0 Å². The zero-order chi connectivity index (χ0) is 13.2. The lowest BCUT2D eigenvalue weighted by Crippen LogP contribution is -2.52. The van der Waals surface area contributed by atoms with Gasteiger partial charge in [0.05, 0.1) is 0 Å². The van der Waals surface area contributed by atoms with Gasteiger partial charge in [-0.3, -0.25) is 9.59 Å². The van der Waals surface area contributed by atoms with Gasteiger partial charge in [0.25, 0.3) is 0 Å². The second kappa shape index (κ2) is 5.26. The summed E-state index contributed by atoms with van der Waals surface area (Å²) in [4.78, 5) is 25.5. The van der Waals surface area contributed by atoms with Gasteiger partial charge in [-0.2, -0.15) is 0 Å². The van der Waals surface area contributed by atoms with E-state index >= 15 is 0 Å². The van der Waals surface area contributed by atoms with Crippen LogP contribution in [0.3, 0.4) is 0 Å². The van der Waals surface area contributed by atoms with Crippen LogP contribution in [0, 0.1) is 5.41 Å². The fourth-order valence-corrected chi connectivity index (χ4v) is 2.82. The molecule has 5 nitrogen and oxygen atoms in total. The number of hydrogen-bond donors (Lipinski definition) is 2. The first-order valence-electron chi connectivity index (χ1n) is 6.78. The predicted octanol–water partition coefficient (Wildman–Crippen LogP) is 0.113. The molecule has 0 aromatic heterocycles. The van der Waals surface area contributed by atoms with Crippen molar-refractivity contribution >= 4 is 11.8 Å². The first-order valence-corrected chi connectivity index (χ1v) is 6.78. The number of carbonyl (C=O) groups is 2. The van der Waals surface area contributed by atoms with Crippen LogP contribution in [0.1, 0.15) is 33.1 Å². The van der Waals surface area contributed by atoms with Gasteiger partial charge in [0.2, 0.25) is 0 Å². The highest BCUT2D eigenvalue weighted by atomic mass is 16.2. The molecule has 1 aliphatic heterocycles. The third kappa shape index (κ3) is 3.22. The van der Waals surface area contributed by atoms with Gasteiger partial charge in [0.1, 0.15) is 0 Å². The van der Waals surface area contributed by atoms with Crippen molar-refractivity contribution in [2.24, 2.45) is 5.41 Å². The second-order valence-electron chi connectivity index (χ2n) is 6.12. The van der Waals surface area contributed by atoms with Gasteiger partial charge >= 0.3 is 11.8 Å². The van der Waals surface area contributed by atoms with Crippen molar-refractivity contribution in [3.8, 4) is 0 Å². The molecule has 102 valence electrons. The minimum Gasteiger partial charge on any atom is -0.345 e. The average molecular weight is 253 g/mol. The molecule has 0 radical (unpaired) electrons. The maximum Gasteiger partial charge on any atom is 0.311 e. The third-order valence-electron chi connectivity index (χ3n) is 3.90. The van der Waals surface area contributed by atoms with E-state index in [0.29, 0.717) is 13.1 Å². The second-order valence-corrected chi connectivity index (χ2v) is 6.12. The molecule has 2 N–H and O–H groups in total. The molecule has 0 aromatic carbocycles. The summed E-state index contributed by atoms with van der Waals surface area (Å²) in [6.45, 7) is 7.21. The van der Waals surface area contributed by atoms with Crippen molar-refractivity contribution in [1.82, 2.24) is 15.5 Å². The Labute approximate surface area is 108 Å². The summed E-state index contributed by atoms with van der Waals surface area (Å²) >= 11 is 0. The largest absolute Gasteiger partial charge is 0.345 e.